The third-order valence-electron chi connectivity index (χ3n) is 2.06. The number of rotatable bonds is 4. The summed E-state index contributed by atoms with van der Waals surface area (Å²) in [5.41, 5.74) is 2.79. The summed E-state index contributed by atoms with van der Waals surface area (Å²) in [6, 6.07) is 0. The van der Waals surface area contributed by atoms with Crippen molar-refractivity contribution in [3.63, 3.8) is 0 Å². The molecule has 0 radical (unpaired) electrons. The van der Waals surface area contributed by atoms with E-state index >= 15 is 0 Å². The molecule has 0 aliphatic heterocycles. The first kappa shape index (κ1) is 11.5. The van der Waals surface area contributed by atoms with Gasteiger partial charge in [-0.15, -0.1) is 0 Å². The molecule has 0 bridgehead atoms. The fourth-order valence-corrected chi connectivity index (χ4v) is 1.40. The highest BCUT2D eigenvalue weighted by Crippen LogP contribution is 2.13. The SMILES string of the molecule is CCC(C=C(C)C=C(C)C)CC. The molecule has 0 aromatic heterocycles. The average molecular weight is 166 g/mol. The summed E-state index contributed by atoms with van der Waals surface area (Å²) < 4.78 is 0. The van der Waals surface area contributed by atoms with E-state index in [-0.39, 0.29) is 0 Å². The zero-order chi connectivity index (χ0) is 9.56. The maximum Gasteiger partial charge on any atom is -0.0233 e. The van der Waals surface area contributed by atoms with E-state index in [2.05, 4.69) is 46.8 Å². The van der Waals surface area contributed by atoms with Crippen LogP contribution in [0.5, 0.6) is 0 Å². The molecule has 0 fully saturated rings. The Bertz CT molecular complexity index is 164. The van der Waals surface area contributed by atoms with Gasteiger partial charge in [0.1, 0.15) is 0 Å². The van der Waals surface area contributed by atoms with E-state index in [9.17, 15) is 0 Å². The quantitative estimate of drug-likeness (QED) is 0.545. The van der Waals surface area contributed by atoms with Crippen LogP contribution < -0.4 is 0 Å². The van der Waals surface area contributed by atoms with E-state index in [1.54, 1.807) is 0 Å². The zero-order valence-corrected chi connectivity index (χ0v) is 9.15. The molecule has 0 N–H and O–H groups in total. The van der Waals surface area contributed by atoms with Gasteiger partial charge < -0.3 is 0 Å². The molecule has 0 spiro atoms. The molecule has 0 atom stereocenters. The molecule has 0 aliphatic rings. The second-order valence-electron chi connectivity index (χ2n) is 3.71. The maximum atomic E-state index is 2.38. The standard InChI is InChI=1S/C12H22/c1-6-12(7-2)9-11(5)8-10(3)4/h8-9,12H,6-7H2,1-5H3. The second-order valence-corrected chi connectivity index (χ2v) is 3.71. The molecule has 0 rings (SSSR count). The van der Waals surface area contributed by atoms with Crippen LogP contribution >= 0.6 is 0 Å². The van der Waals surface area contributed by atoms with Crippen molar-refractivity contribution < 1.29 is 0 Å². The largest absolute Gasteiger partial charge is 0.0785 e. The Morgan fingerprint density at radius 2 is 1.58 bits per heavy atom. The first-order valence-corrected chi connectivity index (χ1v) is 4.93. The average Bonchev–Trinajstić information content (AvgIpc) is 1.98. The maximum absolute atomic E-state index is 2.38. The monoisotopic (exact) mass is 166 g/mol. The molecule has 0 saturated heterocycles. The van der Waals surface area contributed by atoms with Gasteiger partial charge in [-0.3, -0.25) is 0 Å². The molecule has 12 heavy (non-hydrogen) atoms. The molecular formula is C12H22. The molecular weight excluding hydrogens is 144 g/mol. The minimum Gasteiger partial charge on any atom is -0.0785 e. The van der Waals surface area contributed by atoms with E-state index in [0.29, 0.717) is 0 Å². The molecule has 0 aliphatic carbocycles. The van der Waals surface area contributed by atoms with Gasteiger partial charge in [-0.05, 0) is 39.5 Å². The number of hydrogen-bond acceptors (Lipinski definition) is 0. The van der Waals surface area contributed by atoms with Gasteiger partial charge >= 0.3 is 0 Å². The molecule has 0 heteroatoms. The molecule has 0 amide bonds. The van der Waals surface area contributed by atoms with Crippen molar-refractivity contribution in [2.75, 3.05) is 0 Å². The fourth-order valence-electron chi connectivity index (χ4n) is 1.40. The Morgan fingerprint density at radius 3 is 1.92 bits per heavy atom. The second kappa shape index (κ2) is 6.05. The van der Waals surface area contributed by atoms with Crippen LogP contribution in [0.15, 0.2) is 23.3 Å². The van der Waals surface area contributed by atoms with Gasteiger partial charge in [-0.1, -0.05) is 37.1 Å². The van der Waals surface area contributed by atoms with Crippen molar-refractivity contribution in [2.24, 2.45) is 5.92 Å². The lowest BCUT2D eigenvalue weighted by molar-refractivity contribution is 0.603. The van der Waals surface area contributed by atoms with Crippen LogP contribution in [-0.4, -0.2) is 0 Å². The van der Waals surface area contributed by atoms with Crippen LogP contribution in [-0.2, 0) is 0 Å². The van der Waals surface area contributed by atoms with E-state index in [1.807, 2.05) is 0 Å². The van der Waals surface area contributed by atoms with Crippen LogP contribution in [0.4, 0.5) is 0 Å². The van der Waals surface area contributed by atoms with E-state index < -0.39 is 0 Å². The van der Waals surface area contributed by atoms with Crippen LogP contribution in [0.25, 0.3) is 0 Å². The van der Waals surface area contributed by atoms with E-state index in [0.717, 1.165) is 5.92 Å². The lowest BCUT2D eigenvalue weighted by Gasteiger charge is -2.06. The normalized spacial score (nSPS) is 12.0. The smallest absolute Gasteiger partial charge is 0.0233 e. The van der Waals surface area contributed by atoms with Crippen LogP contribution in [0.2, 0.25) is 0 Å². The highest BCUT2D eigenvalue weighted by atomic mass is 14.0. The van der Waals surface area contributed by atoms with Crippen LogP contribution in [0.1, 0.15) is 47.5 Å². The van der Waals surface area contributed by atoms with Gasteiger partial charge in [0.25, 0.3) is 0 Å². The highest BCUT2D eigenvalue weighted by Gasteiger charge is 1.97. The Morgan fingerprint density at radius 1 is 1.08 bits per heavy atom. The highest BCUT2D eigenvalue weighted by molar-refractivity contribution is 5.20. The first-order chi connectivity index (χ1) is 5.60. The van der Waals surface area contributed by atoms with E-state index in [1.165, 1.54) is 24.0 Å². The molecule has 70 valence electrons. The topological polar surface area (TPSA) is 0 Å². The predicted molar refractivity (Wildman–Crippen MR) is 57.3 cm³/mol. The Labute approximate surface area is 77.4 Å². The molecule has 0 nitrogen and oxygen atoms in total. The summed E-state index contributed by atoms with van der Waals surface area (Å²) >= 11 is 0. The van der Waals surface area contributed by atoms with Gasteiger partial charge in [-0.2, -0.15) is 0 Å². The summed E-state index contributed by atoms with van der Waals surface area (Å²) in [5, 5.41) is 0. The van der Waals surface area contributed by atoms with Crippen molar-refractivity contribution in [3.8, 4) is 0 Å². The minimum absolute atomic E-state index is 0.764. The summed E-state index contributed by atoms with van der Waals surface area (Å²) in [6.45, 7) is 11.0. The van der Waals surface area contributed by atoms with Gasteiger partial charge in [0.15, 0.2) is 0 Å². The predicted octanol–water partition coefficient (Wildman–Crippen LogP) is 4.34. The molecule has 0 heterocycles. The third kappa shape index (κ3) is 5.17. The van der Waals surface area contributed by atoms with Gasteiger partial charge in [0.05, 0.1) is 0 Å². The summed E-state index contributed by atoms with van der Waals surface area (Å²) in [6.07, 6.45) is 7.14. The van der Waals surface area contributed by atoms with E-state index in [4.69, 9.17) is 0 Å². The molecule has 0 saturated carbocycles. The Balaban J connectivity index is 4.22. The van der Waals surface area contributed by atoms with Crippen molar-refractivity contribution in [1.29, 1.82) is 0 Å². The zero-order valence-electron chi connectivity index (χ0n) is 9.15. The Hall–Kier alpha value is -0.520. The molecule has 0 unspecified atom stereocenters. The fraction of sp³-hybridized carbons (Fsp3) is 0.667. The molecule has 0 aromatic rings. The van der Waals surface area contributed by atoms with Crippen LogP contribution in [0.3, 0.4) is 0 Å². The first-order valence-electron chi connectivity index (χ1n) is 4.93. The lowest BCUT2D eigenvalue weighted by Crippen LogP contribution is -1.91. The third-order valence-corrected chi connectivity index (χ3v) is 2.06. The van der Waals surface area contributed by atoms with Crippen molar-refractivity contribution in [1.82, 2.24) is 0 Å². The molecule has 0 aromatic carbocycles. The summed E-state index contributed by atoms with van der Waals surface area (Å²) in [5.74, 6) is 0.764. The number of allylic oxidation sites excluding steroid dienone is 4. The lowest BCUT2D eigenvalue weighted by atomic mass is 10.00. The van der Waals surface area contributed by atoms with Gasteiger partial charge in [0, 0.05) is 0 Å². The number of hydrogen-bond donors (Lipinski definition) is 0. The van der Waals surface area contributed by atoms with Crippen molar-refractivity contribution >= 4 is 0 Å². The van der Waals surface area contributed by atoms with Gasteiger partial charge in [0.2, 0.25) is 0 Å². The summed E-state index contributed by atoms with van der Waals surface area (Å²) in [7, 11) is 0. The summed E-state index contributed by atoms with van der Waals surface area (Å²) in [4.78, 5) is 0. The minimum atomic E-state index is 0.764. The van der Waals surface area contributed by atoms with Crippen LogP contribution in [0, 0.1) is 5.92 Å². The Kier molecular flexibility index (Phi) is 5.79. The van der Waals surface area contributed by atoms with Crippen molar-refractivity contribution in [2.45, 2.75) is 47.5 Å². The van der Waals surface area contributed by atoms with Crippen molar-refractivity contribution in [3.05, 3.63) is 23.3 Å². The van der Waals surface area contributed by atoms with Gasteiger partial charge in [-0.25, -0.2) is 0 Å².